The number of cyclic esters (lactones) is 1. The minimum absolute atomic E-state index is 0.369. The summed E-state index contributed by atoms with van der Waals surface area (Å²) in [6.07, 6.45) is 5.20. The third-order valence-corrected chi connectivity index (χ3v) is 4.65. The van der Waals surface area contributed by atoms with E-state index < -0.39 is 0 Å². The van der Waals surface area contributed by atoms with Crippen LogP contribution in [-0.4, -0.2) is 19.2 Å². The van der Waals surface area contributed by atoms with Gasteiger partial charge < -0.3 is 14.2 Å². The molecule has 2 aromatic rings. The summed E-state index contributed by atoms with van der Waals surface area (Å²) in [5, 5.41) is 0. The molecule has 0 bridgehead atoms. The van der Waals surface area contributed by atoms with Crippen molar-refractivity contribution in [3.8, 4) is 11.5 Å². The van der Waals surface area contributed by atoms with Crippen molar-refractivity contribution in [3.63, 3.8) is 0 Å². The van der Waals surface area contributed by atoms with Crippen molar-refractivity contribution in [1.29, 1.82) is 0 Å². The van der Waals surface area contributed by atoms with Gasteiger partial charge in [0.1, 0.15) is 12.4 Å². The van der Waals surface area contributed by atoms with Gasteiger partial charge in [-0.2, -0.15) is 0 Å². The maximum Gasteiger partial charge on any atom is 0.343 e. The fourth-order valence-electron chi connectivity index (χ4n) is 2.75. The summed E-state index contributed by atoms with van der Waals surface area (Å²) in [6, 6.07) is 11.6. The monoisotopic (exact) mass is 440 g/mol. The number of benzene rings is 2. The van der Waals surface area contributed by atoms with E-state index in [1.54, 1.807) is 18.2 Å². The highest BCUT2D eigenvalue weighted by Crippen LogP contribution is 2.38. The fraction of sp³-hybridized carbons (Fsp3) is 0.174. The quantitative estimate of drug-likeness (QED) is 0.314. The first-order valence-electron chi connectivity index (χ1n) is 8.94. The average Bonchev–Trinajstić information content (AvgIpc) is 3.02. The van der Waals surface area contributed by atoms with Crippen LogP contribution in [0.3, 0.4) is 0 Å². The molecule has 0 N–H and O–H groups in total. The van der Waals surface area contributed by atoms with Crippen LogP contribution in [0.2, 0.25) is 0 Å². The first-order chi connectivity index (χ1) is 13.5. The highest BCUT2D eigenvalue weighted by atomic mass is 79.9. The van der Waals surface area contributed by atoms with Crippen molar-refractivity contribution in [2.45, 2.75) is 13.8 Å². The van der Waals surface area contributed by atoms with E-state index in [-0.39, 0.29) is 5.97 Å². The van der Waals surface area contributed by atoms with Gasteiger partial charge in [0.25, 0.3) is 0 Å². The van der Waals surface area contributed by atoms with Crippen LogP contribution in [0, 0.1) is 6.92 Å². The molecular formula is C23H21BrO4. The number of rotatable bonds is 7. The van der Waals surface area contributed by atoms with E-state index in [4.69, 9.17) is 14.2 Å². The average molecular weight is 441 g/mol. The highest BCUT2D eigenvalue weighted by Gasteiger charge is 2.22. The molecule has 0 unspecified atom stereocenters. The van der Waals surface area contributed by atoms with Gasteiger partial charge in [0.15, 0.2) is 11.5 Å². The van der Waals surface area contributed by atoms with Crippen LogP contribution in [0.15, 0.2) is 65.2 Å². The summed E-state index contributed by atoms with van der Waals surface area (Å²) in [6.45, 7) is 8.45. The van der Waals surface area contributed by atoms with E-state index in [0.29, 0.717) is 36.0 Å². The number of halogens is 1. The van der Waals surface area contributed by atoms with Gasteiger partial charge in [0.2, 0.25) is 0 Å². The molecule has 0 aromatic heterocycles. The van der Waals surface area contributed by atoms with E-state index >= 15 is 0 Å². The zero-order chi connectivity index (χ0) is 20.1. The first-order valence-corrected chi connectivity index (χ1v) is 9.73. The number of hydrogen-bond acceptors (Lipinski definition) is 4. The Balaban J connectivity index is 1.94. The SMILES string of the molecule is C=CCOc1c(Br)cc(C=C2C=C(c3ccc(C)cc3)OC2=O)cc1OCC. The molecule has 0 spiro atoms. The Hall–Kier alpha value is -2.79. The number of hydrogen-bond donors (Lipinski definition) is 0. The second-order valence-corrected chi connectivity index (χ2v) is 7.08. The van der Waals surface area contributed by atoms with Crippen LogP contribution in [0.1, 0.15) is 23.6 Å². The molecule has 0 radical (unpaired) electrons. The van der Waals surface area contributed by atoms with Crippen LogP contribution >= 0.6 is 15.9 Å². The Labute approximate surface area is 173 Å². The number of carbonyl (C=O) groups is 1. The summed E-state index contributed by atoms with van der Waals surface area (Å²) < 4.78 is 17.6. The molecule has 1 aliphatic rings. The second-order valence-electron chi connectivity index (χ2n) is 6.23. The van der Waals surface area contributed by atoms with Crippen LogP contribution in [0.4, 0.5) is 0 Å². The molecular weight excluding hydrogens is 420 g/mol. The summed E-state index contributed by atoms with van der Waals surface area (Å²) in [7, 11) is 0. The minimum atomic E-state index is -0.378. The van der Waals surface area contributed by atoms with Crippen molar-refractivity contribution in [3.05, 3.63) is 81.9 Å². The van der Waals surface area contributed by atoms with E-state index in [0.717, 1.165) is 21.2 Å². The molecule has 3 rings (SSSR count). The van der Waals surface area contributed by atoms with Gasteiger partial charge in [-0.15, -0.1) is 0 Å². The van der Waals surface area contributed by atoms with Crippen LogP contribution < -0.4 is 9.47 Å². The normalized spacial score (nSPS) is 14.6. The first kappa shape index (κ1) is 20.0. The van der Waals surface area contributed by atoms with Gasteiger partial charge in [-0.1, -0.05) is 42.5 Å². The van der Waals surface area contributed by atoms with Crippen molar-refractivity contribution >= 4 is 33.7 Å². The van der Waals surface area contributed by atoms with Crippen LogP contribution in [0.25, 0.3) is 11.8 Å². The molecule has 144 valence electrons. The lowest BCUT2D eigenvalue weighted by atomic mass is 10.1. The lowest BCUT2D eigenvalue weighted by Gasteiger charge is -2.13. The zero-order valence-electron chi connectivity index (χ0n) is 15.8. The van der Waals surface area contributed by atoms with Gasteiger partial charge in [-0.3, -0.25) is 0 Å². The lowest BCUT2D eigenvalue weighted by Crippen LogP contribution is -2.01. The van der Waals surface area contributed by atoms with Crippen molar-refractivity contribution in [2.24, 2.45) is 0 Å². The number of ether oxygens (including phenoxy) is 3. The lowest BCUT2D eigenvalue weighted by molar-refractivity contribution is -0.130. The van der Waals surface area contributed by atoms with Gasteiger partial charge in [0.05, 0.1) is 16.7 Å². The van der Waals surface area contributed by atoms with Crippen LogP contribution in [-0.2, 0) is 9.53 Å². The van der Waals surface area contributed by atoms with Crippen molar-refractivity contribution in [2.75, 3.05) is 13.2 Å². The molecule has 0 aliphatic carbocycles. The number of carbonyl (C=O) groups excluding carboxylic acids is 1. The van der Waals surface area contributed by atoms with E-state index in [1.807, 2.05) is 50.2 Å². The van der Waals surface area contributed by atoms with Gasteiger partial charge in [0, 0.05) is 5.56 Å². The van der Waals surface area contributed by atoms with E-state index in [2.05, 4.69) is 22.5 Å². The number of esters is 1. The Kier molecular flexibility index (Phi) is 6.37. The molecule has 5 heteroatoms. The van der Waals surface area contributed by atoms with E-state index in [9.17, 15) is 4.79 Å². The maximum atomic E-state index is 12.3. The fourth-order valence-corrected chi connectivity index (χ4v) is 3.32. The molecule has 0 fully saturated rings. The Bertz CT molecular complexity index is 955. The summed E-state index contributed by atoms with van der Waals surface area (Å²) in [5.74, 6) is 1.37. The molecule has 0 atom stereocenters. The van der Waals surface area contributed by atoms with Crippen LogP contribution in [0.5, 0.6) is 11.5 Å². The Morgan fingerprint density at radius 1 is 1.18 bits per heavy atom. The minimum Gasteiger partial charge on any atom is -0.490 e. The van der Waals surface area contributed by atoms with Gasteiger partial charge >= 0.3 is 5.97 Å². The topological polar surface area (TPSA) is 44.8 Å². The smallest absolute Gasteiger partial charge is 0.343 e. The Morgan fingerprint density at radius 2 is 1.93 bits per heavy atom. The Morgan fingerprint density at radius 3 is 2.61 bits per heavy atom. The van der Waals surface area contributed by atoms with Crippen molar-refractivity contribution < 1.29 is 19.0 Å². The molecule has 1 heterocycles. The molecule has 0 saturated carbocycles. The largest absolute Gasteiger partial charge is 0.490 e. The zero-order valence-corrected chi connectivity index (χ0v) is 17.4. The number of aryl methyl sites for hydroxylation is 1. The maximum absolute atomic E-state index is 12.3. The summed E-state index contributed by atoms with van der Waals surface area (Å²) >= 11 is 3.52. The van der Waals surface area contributed by atoms with Gasteiger partial charge in [-0.25, -0.2) is 4.79 Å². The predicted molar refractivity (Wildman–Crippen MR) is 114 cm³/mol. The third kappa shape index (κ3) is 4.54. The molecule has 1 aliphatic heterocycles. The standard InChI is InChI=1S/C23H21BrO4/c1-4-10-27-22-19(24)12-16(13-21(22)26-5-2)11-18-14-20(28-23(18)25)17-8-6-15(3)7-9-17/h4,6-9,11-14H,1,5,10H2,2-3H3. The van der Waals surface area contributed by atoms with E-state index in [1.165, 1.54) is 0 Å². The predicted octanol–water partition coefficient (Wildman–Crippen LogP) is 5.70. The molecule has 0 saturated heterocycles. The van der Waals surface area contributed by atoms with Crippen molar-refractivity contribution in [1.82, 2.24) is 0 Å². The third-order valence-electron chi connectivity index (χ3n) is 4.06. The van der Waals surface area contributed by atoms with Gasteiger partial charge in [-0.05, 0) is 59.6 Å². The summed E-state index contributed by atoms with van der Waals surface area (Å²) in [4.78, 5) is 12.3. The summed E-state index contributed by atoms with van der Waals surface area (Å²) in [5.41, 5.74) is 3.29. The highest BCUT2D eigenvalue weighted by molar-refractivity contribution is 9.10. The molecule has 4 nitrogen and oxygen atoms in total. The molecule has 0 amide bonds. The molecule has 2 aromatic carbocycles. The molecule has 28 heavy (non-hydrogen) atoms. The second kappa shape index (κ2) is 8.93.